The van der Waals surface area contributed by atoms with Crippen molar-refractivity contribution in [3.05, 3.63) is 35.9 Å². The molecule has 0 aromatic heterocycles. The predicted molar refractivity (Wildman–Crippen MR) is 105 cm³/mol. The van der Waals surface area contributed by atoms with Crippen LogP contribution in [0.1, 0.15) is 50.5 Å². The highest BCUT2D eigenvalue weighted by Crippen LogP contribution is 2.50. The largest absolute Gasteiger partial charge is 0.336 e. The molecular formula is C22H33N3O. The van der Waals surface area contributed by atoms with Gasteiger partial charge < -0.3 is 15.1 Å². The monoisotopic (exact) mass is 355 g/mol. The summed E-state index contributed by atoms with van der Waals surface area (Å²) >= 11 is 0. The number of amides is 1. The third-order valence-electron chi connectivity index (χ3n) is 6.56. The summed E-state index contributed by atoms with van der Waals surface area (Å²) < 4.78 is 0. The number of nitrogens with zero attached hydrogens (tertiary/aromatic N) is 2. The highest BCUT2D eigenvalue weighted by molar-refractivity contribution is 5.91. The van der Waals surface area contributed by atoms with Gasteiger partial charge in [-0.15, -0.1) is 0 Å². The van der Waals surface area contributed by atoms with Crippen molar-refractivity contribution < 1.29 is 4.79 Å². The Morgan fingerprint density at radius 2 is 1.88 bits per heavy atom. The average Bonchev–Trinajstić information content (AvgIpc) is 3.52. The number of likely N-dealkylation sites (tertiary alicyclic amines) is 1. The van der Waals surface area contributed by atoms with Crippen molar-refractivity contribution in [2.75, 3.05) is 39.3 Å². The van der Waals surface area contributed by atoms with E-state index in [9.17, 15) is 4.79 Å². The Bertz CT molecular complexity index is 587. The van der Waals surface area contributed by atoms with Crippen molar-refractivity contribution >= 4 is 5.91 Å². The van der Waals surface area contributed by atoms with E-state index in [4.69, 9.17) is 0 Å². The van der Waals surface area contributed by atoms with E-state index in [-0.39, 0.29) is 5.41 Å². The van der Waals surface area contributed by atoms with Crippen LogP contribution in [0.3, 0.4) is 0 Å². The maximum absolute atomic E-state index is 13.7. The van der Waals surface area contributed by atoms with E-state index < -0.39 is 0 Å². The number of hydrogen-bond acceptors (Lipinski definition) is 3. The molecule has 3 aliphatic rings. The van der Waals surface area contributed by atoms with Crippen molar-refractivity contribution in [1.82, 2.24) is 15.1 Å². The van der Waals surface area contributed by atoms with E-state index in [1.807, 2.05) is 6.07 Å². The molecule has 4 rings (SSSR count). The lowest BCUT2D eigenvalue weighted by atomic mass is 9.92. The minimum atomic E-state index is -0.236. The average molecular weight is 356 g/mol. The smallest absolute Gasteiger partial charge is 0.233 e. The topological polar surface area (TPSA) is 35.6 Å². The Hall–Kier alpha value is -1.39. The van der Waals surface area contributed by atoms with Crippen molar-refractivity contribution in [3.8, 4) is 0 Å². The van der Waals surface area contributed by atoms with Gasteiger partial charge in [0.1, 0.15) is 0 Å². The molecule has 4 heteroatoms. The minimum Gasteiger partial charge on any atom is -0.336 e. The highest BCUT2D eigenvalue weighted by Gasteiger charge is 2.53. The molecule has 1 amide bonds. The van der Waals surface area contributed by atoms with E-state index >= 15 is 0 Å². The molecule has 1 aliphatic carbocycles. The molecule has 3 fully saturated rings. The number of hydrogen-bond donors (Lipinski definition) is 1. The zero-order chi connectivity index (χ0) is 17.8. The Kier molecular flexibility index (Phi) is 5.60. The van der Waals surface area contributed by atoms with Crippen LogP contribution in [0.25, 0.3) is 0 Å². The summed E-state index contributed by atoms with van der Waals surface area (Å²) in [7, 11) is 0. The van der Waals surface area contributed by atoms with Crippen LogP contribution in [0, 0.1) is 0 Å². The van der Waals surface area contributed by atoms with Gasteiger partial charge in [-0.3, -0.25) is 4.79 Å². The SMILES string of the molecule is O=C(N(CCN1CCCCC1)C1CCCNC1)C1(c2ccccc2)CC1. The molecule has 1 N–H and O–H groups in total. The standard InChI is InChI=1S/C22H33N3O/c26-21(22(11-12-22)19-8-3-1-4-9-19)25(20-10-7-13-23-18-20)17-16-24-14-5-2-6-15-24/h1,3-4,8-9,20,23H,2,5-7,10-18H2. The van der Waals surface area contributed by atoms with Gasteiger partial charge in [-0.05, 0) is 63.7 Å². The summed E-state index contributed by atoms with van der Waals surface area (Å²) in [5.41, 5.74) is 0.984. The van der Waals surface area contributed by atoms with Gasteiger partial charge in [0.05, 0.1) is 5.41 Å². The second-order valence-electron chi connectivity index (χ2n) is 8.35. The van der Waals surface area contributed by atoms with Crippen molar-refractivity contribution in [1.29, 1.82) is 0 Å². The van der Waals surface area contributed by atoms with Crippen LogP contribution in [0.5, 0.6) is 0 Å². The van der Waals surface area contributed by atoms with E-state index in [2.05, 4.69) is 39.4 Å². The normalized spacial score (nSPS) is 25.6. The van der Waals surface area contributed by atoms with Gasteiger partial charge in [-0.1, -0.05) is 36.8 Å². The number of piperidine rings is 2. The minimum absolute atomic E-state index is 0.236. The van der Waals surface area contributed by atoms with Gasteiger partial charge in [-0.2, -0.15) is 0 Å². The summed E-state index contributed by atoms with van der Waals surface area (Å²) in [4.78, 5) is 18.5. The second kappa shape index (κ2) is 8.10. The van der Waals surface area contributed by atoms with Gasteiger partial charge >= 0.3 is 0 Å². The molecule has 1 aromatic rings. The molecule has 4 nitrogen and oxygen atoms in total. The van der Waals surface area contributed by atoms with Crippen LogP contribution in [0.2, 0.25) is 0 Å². The van der Waals surface area contributed by atoms with Gasteiger partial charge in [0, 0.05) is 25.7 Å². The first-order valence-corrected chi connectivity index (χ1v) is 10.6. The molecule has 1 unspecified atom stereocenters. The summed E-state index contributed by atoms with van der Waals surface area (Å²) in [6.45, 7) is 6.38. The Morgan fingerprint density at radius 1 is 1.12 bits per heavy atom. The molecule has 1 saturated carbocycles. The van der Waals surface area contributed by atoms with Crippen LogP contribution in [-0.2, 0) is 10.2 Å². The van der Waals surface area contributed by atoms with Crippen LogP contribution >= 0.6 is 0 Å². The third-order valence-corrected chi connectivity index (χ3v) is 6.56. The molecule has 2 aliphatic heterocycles. The first kappa shape index (κ1) is 18.0. The second-order valence-corrected chi connectivity index (χ2v) is 8.35. The Morgan fingerprint density at radius 3 is 2.54 bits per heavy atom. The molecule has 0 bridgehead atoms. The summed E-state index contributed by atoms with van der Waals surface area (Å²) in [5.74, 6) is 0.384. The third kappa shape index (κ3) is 3.81. The zero-order valence-electron chi connectivity index (χ0n) is 16.0. The predicted octanol–water partition coefficient (Wildman–Crippen LogP) is 2.78. The van der Waals surface area contributed by atoms with E-state index in [1.54, 1.807) is 0 Å². The molecule has 0 spiro atoms. The summed E-state index contributed by atoms with van der Waals surface area (Å²) in [5, 5.41) is 3.51. The number of benzene rings is 1. The molecule has 0 radical (unpaired) electrons. The van der Waals surface area contributed by atoms with Crippen LogP contribution < -0.4 is 5.32 Å². The molecule has 26 heavy (non-hydrogen) atoms. The lowest BCUT2D eigenvalue weighted by molar-refractivity contribution is -0.137. The van der Waals surface area contributed by atoms with E-state index in [1.165, 1.54) is 44.3 Å². The van der Waals surface area contributed by atoms with Gasteiger partial charge in [-0.25, -0.2) is 0 Å². The number of nitrogens with one attached hydrogen (secondary N) is 1. The van der Waals surface area contributed by atoms with Gasteiger partial charge in [0.15, 0.2) is 0 Å². The lowest BCUT2D eigenvalue weighted by Gasteiger charge is -2.39. The Labute approximate surface area is 157 Å². The van der Waals surface area contributed by atoms with Crippen LogP contribution in [-0.4, -0.2) is 61.0 Å². The number of carbonyl (C=O) groups excluding carboxylic acids is 1. The maximum Gasteiger partial charge on any atom is 0.233 e. The molecule has 1 atom stereocenters. The van der Waals surface area contributed by atoms with Crippen molar-refractivity contribution in [2.45, 2.75) is 56.4 Å². The van der Waals surface area contributed by atoms with Crippen molar-refractivity contribution in [3.63, 3.8) is 0 Å². The van der Waals surface area contributed by atoms with Crippen LogP contribution in [0.15, 0.2) is 30.3 Å². The summed E-state index contributed by atoms with van der Waals surface area (Å²) in [6.07, 6.45) is 8.33. The fraction of sp³-hybridized carbons (Fsp3) is 0.682. The van der Waals surface area contributed by atoms with E-state index in [0.29, 0.717) is 11.9 Å². The number of rotatable bonds is 6. The Balaban J connectivity index is 1.49. The fourth-order valence-electron chi connectivity index (χ4n) is 4.76. The highest BCUT2D eigenvalue weighted by atomic mass is 16.2. The molecule has 1 aromatic carbocycles. The molecule has 2 heterocycles. The number of carbonyl (C=O) groups is 1. The van der Waals surface area contributed by atoms with Gasteiger partial charge in [0.25, 0.3) is 0 Å². The lowest BCUT2D eigenvalue weighted by Crippen LogP contribution is -2.54. The first-order chi connectivity index (χ1) is 12.8. The molecule has 2 saturated heterocycles. The van der Waals surface area contributed by atoms with Gasteiger partial charge in [0.2, 0.25) is 5.91 Å². The quantitative estimate of drug-likeness (QED) is 0.852. The van der Waals surface area contributed by atoms with Crippen LogP contribution in [0.4, 0.5) is 0 Å². The molecule has 142 valence electrons. The zero-order valence-corrected chi connectivity index (χ0v) is 16.0. The fourth-order valence-corrected chi connectivity index (χ4v) is 4.76. The maximum atomic E-state index is 13.7. The summed E-state index contributed by atoms with van der Waals surface area (Å²) in [6, 6.07) is 10.8. The first-order valence-electron chi connectivity index (χ1n) is 10.6. The van der Waals surface area contributed by atoms with E-state index in [0.717, 1.165) is 45.4 Å². The molecular weight excluding hydrogens is 322 g/mol. The van der Waals surface area contributed by atoms with Crippen molar-refractivity contribution in [2.24, 2.45) is 0 Å².